The lowest BCUT2D eigenvalue weighted by Crippen LogP contribution is -2.64. The molecule has 0 bridgehead atoms. The van der Waals surface area contributed by atoms with Crippen LogP contribution < -0.4 is 0 Å². The number of aliphatic hydroxyl groups excluding tert-OH is 2. The molecule has 0 amide bonds. The fourth-order valence-corrected chi connectivity index (χ4v) is 4.13. The SMILES string of the molecule is COC[C@@]1(O[C@H]2OC(CO)[C@@H](OC)[C@H](OC)[C@H]2OC)O[C@H](CO)[C@@H](OC)[C@@H]1OC. The monoisotopic (exact) mass is 426 g/mol. The first kappa shape index (κ1) is 24.8. The van der Waals surface area contributed by atoms with Crippen LogP contribution in [0, 0.1) is 0 Å². The molecule has 172 valence electrons. The number of rotatable bonds is 11. The van der Waals surface area contributed by atoms with Crippen molar-refractivity contribution >= 4 is 0 Å². The zero-order valence-corrected chi connectivity index (χ0v) is 17.8. The molecule has 0 aromatic carbocycles. The molecule has 0 aromatic heterocycles. The maximum Gasteiger partial charge on any atom is 0.224 e. The molecule has 2 aliphatic heterocycles. The largest absolute Gasteiger partial charge is 0.394 e. The lowest BCUT2D eigenvalue weighted by atomic mass is 9.98. The van der Waals surface area contributed by atoms with E-state index in [0.29, 0.717) is 0 Å². The van der Waals surface area contributed by atoms with E-state index in [-0.39, 0.29) is 19.8 Å². The van der Waals surface area contributed by atoms with Gasteiger partial charge in [0.05, 0.1) is 13.2 Å². The van der Waals surface area contributed by atoms with E-state index in [0.717, 1.165) is 0 Å². The van der Waals surface area contributed by atoms with E-state index in [9.17, 15) is 10.2 Å². The average molecular weight is 426 g/mol. The van der Waals surface area contributed by atoms with Crippen molar-refractivity contribution in [3.63, 3.8) is 0 Å². The molecule has 11 heteroatoms. The van der Waals surface area contributed by atoms with Gasteiger partial charge in [-0.3, -0.25) is 0 Å². The van der Waals surface area contributed by atoms with Crippen molar-refractivity contribution in [2.24, 2.45) is 0 Å². The van der Waals surface area contributed by atoms with E-state index in [1.807, 2.05) is 0 Å². The first-order chi connectivity index (χ1) is 14.0. The minimum atomic E-state index is -1.46. The summed E-state index contributed by atoms with van der Waals surface area (Å²) in [5.74, 6) is -1.46. The summed E-state index contributed by atoms with van der Waals surface area (Å²) in [6.07, 6.45) is -5.67. The van der Waals surface area contributed by atoms with Gasteiger partial charge in [-0.25, -0.2) is 0 Å². The van der Waals surface area contributed by atoms with Gasteiger partial charge in [-0.15, -0.1) is 0 Å². The van der Waals surface area contributed by atoms with Crippen LogP contribution in [0.1, 0.15) is 0 Å². The van der Waals surface area contributed by atoms with Crippen LogP contribution >= 0.6 is 0 Å². The van der Waals surface area contributed by atoms with Crippen molar-refractivity contribution in [2.45, 2.75) is 54.8 Å². The summed E-state index contributed by atoms with van der Waals surface area (Å²) in [7, 11) is 8.96. The van der Waals surface area contributed by atoms with Gasteiger partial charge >= 0.3 is 0 Å². The standard InChI is InChI=1S/C18H34O11/c1-21-9-18(16(26-6)13(23-3)11(8-20)28-18)29-17-15(25-5)14(24-4)12(22-2)10(7-19)27-17/h10-17,19-20H,7-9H2,1-6H3/t10?,11-,12-,13-,14+,15-,16+,17-,18+/m1/s1. The van der Waals surface area contributed by atoms with Crippen LogP contribution in [-0.2, 0) is 42.6 Å². The second-order valence-corrected chi connectivity index (χ2v) is 6.88. The highest BCUT2D eigenvalue weighted by Crippen LogP contribution is 2.39. The van der Waals surface area contributed by atoms with Crippen molar-refractivity contribution in [3.8, 4) is 0 Å². The summed E-state index contributed by atoms with van der Waals surface area (Å²) in [5.41, 5.74) is 0. The van der Waals surface area contributed by atoms with Gasteiger partial charge in [-0.1, -0.05) is 0 Å². The summed E-state index contributed by atoms with van der Waals surface area (Å²) in [4.78, 5) is 0. The summed E-state index contributed by atoms with van der Waals surface area (Å²) in [6, 6.07) is 0. The molecule has 0 aliphatic carbocycles. The highest BCUT2D eigenvalue weighted by Gasteiger charge is 2.60. The molecule has 0 aromatic rings. The molecule has 0 radical (unpaired) electrons. The summed E-state index contributed by atoms with van der Waals surface area (Å²) < 4.78 is 51.2. The fraction of sp³-hybridized carbons (Fsp3) is 1.00. The van der Waals surface area contributed by atoms with E-state index in [2.05, 4.69) is 0 Å². The van der Waals surface area contributed by atoms with E-state index in [1.54, 1.807) is 0 Å². The molecule has 2 rings (SSSR count). The molecule has 0 saturated carbocycles. The third-order valence-electron chi connectivity index (χ3n) is 5.40. The summed E-state index contributed by atoms with van der Waals surface area (Å²) in [5, 5.41) is 19.5. The van der Waals surface area contributed by atoms with Gasteiger partial charge in [0, 0.05) is 42.7 Å². The predicted octanol–water partition coefficient (Wildman–Crippen LogP) is -1.47. The number of hydrogen-bond acceptors (Lipinski definition) is 11. The second kappa shape index (κ2) is 11.3. The van der Waals surface area contributed by atoms with Gasteiger partial charge in [-0.2, -0.15) is 0 Å². The smallest absolute Gasteiger partial charge is 0.224 e. The number of methoxy groups -OCH3 is 6. The minimum absolute atomic E-state index is 0.0344. The summed E-state index contributed by atoms with van der Waals surface area (Å²) >= 11 is 0. The Balaban J connectivity index is 2.37. The third kappa shape index (κ3) is 4.75. The van der Waals surface area contributed by atoms with Crippen molar-refractivity contribution in [1.82, 2.24) is 0 Å². The Morgan fingerprint density at radius 2 is 1.31 bits per heavy atom. The Morgan fingerprint density at radius 3 is 1.76 bits per heavy atom. The Morgan fingerprint density at radius 1 is 0.724 bits per heavy atom. The number of ether oxygens (including phenoxy) is 9. The van der Waals surface area contributed by atoms with Gasteiger partial charge in [0.1, 0.15) is 49.3 Å². The van der Waals surface area contributed by atoms with Crippen molar-refractivity contribution in [2.75, 3.05) is 62.5 Å². The highest BCUT2D eigenvalue weighted by molar-refractivity contribution is 5.01. The van der Waals surface area contributed by atoms with Crippen LogP contribution in [0.3, 0.4) is 0 Å². The van der Waals surface area contributed by atoms with Gasteiger partial charge in [0.25, 0.3) is 0 Å². The van der Waals surface area contributed by atoms with Crippen LogP contribution in [0.4, 0.5) is 0 Å². The van der Waals surface area contributed by atoms with Crippen molar-refractivity contribution in [1.29, 1.82) is 0 Å². The normalized spacial score (nSPS) is 43.0. The highest BCUT2D eigenvalue weighted by atomic mass is 16.8. The molecule has 1 unspecified atom stereocenters. The molecule has 2 saturated heterocycles. The van der Waals surface area contributed by atoms with Gasteiger partial charge < -0.3 is 52.8 Å². The molecule has 2 fully saturated rings. The maximum atomic E-state index is 9.78. The quantitative estimate of drug-likeness (QED) is 0.402. The molecule has 11 nitrogen and oxygen atoms in total. The summed E-state index contributed by atoms with van der Waals surface area (Å²) in [6.45, 7) is -0.661. The Kier molecular flexibility index (Phi) is 9.64. The van der Waals surface area contributed by atoms with E-state index >= 15 is 0 Å². The Bertz CT molecular complexity index is 481. The maximum absolute atomic E-state index is 9.78. The van der Waals surface area contributed by atoms with Crippen LogP contribution in [0.5, 0.6) is 0 Å². The van der Waals surface area contributed by atoms with Crippen molar-refractivity contribution in [3.05, 3.63) is 0 Å². The first-order valence-electron chi connectivity index (χ1n) is 9.36. The van der Waals surface area contributed by atoms with Crippen LogP contribution in [0.15, 0.2) is 0 Å². The molecule has 2 heterocycles. The Hall–Kier alpha value is -0.440. The fourth-order valence-electron chi connectivity index (χ4n) is 4.13. The lowest BCUT2D eigenvalue weighted by Gasteiger charge is -2.47. The molecular formula is C18H34O11. The van der Waals surface area contributed by atoms with E-state index < -0.39 is 54.8 Å². The topological polar surface area (TPSA) is 124 Å². The zero-order chi connectivity index (χ0) is 21.6. The number of hydrogen-bond donors (Lipinski definition) is 2. The second-order valence-electron chi connectivity index (χ2n) is 6.88. The molecule has 0 spiro atoms. The first-order valence-corrected chi connectivity index (χ1v) is 9.36. The molecule has 29 heavy (non-hydrogen) atoms. The Labute approximate surface area is 171 Å². The van der Waals surface area contributed by atoms with E-state index in [1.165, 1.54) is 42.7 Å². The lowest BCUT2D eigenvalue weighted by molar-refractivity contribution is -0.389. The van der Waals surface area contributed by atoms with Crippen LogP contribution in [-0.4, -0.2) is 127 Å². The third-order valence-corrected chi connectivity index (χ3v) is 5.40. The average Bonchev–Trinajstić information content (AvgIpc) is 3.04. The molecule has 2 aliphatic rings. The minimum Gasteiger partial charge on any atom is -0.394 e. The van der Waals surface area contributed by atoms with Gasteiger partial charge in [0.2, 0.25) is 5.79 Å². The van der Waals surface area contributed by atoms with E-state index in [4.69, 9.17) is 42.6 Å². The van der Waals surface area contributed by atoms with Crippen molar-refractivity contribution < 1.29 is 52.8 Å². The van der Waals surface area contributed by atoms with Crippen LogP contribution in [0.25, 0.3) is 0 Å². The van der Waals surface area contributed by atoms with Crippen LogP contribution in [0.2, 0.25) is 0 Å². The molecule has 9 atom stereocenters. The number of aliphatic hydroxyl groups is 2. The predicted molar refractivity (Wildman–Crippen MR) is 97.4 cm³/mol. The van der Waals surface area contributed by atoms with Gasteiger partial charge in [-0.05, 0) is 0 Å². The van der Waals surface area contributed by atoms with Gasteiger partial charge in [0.15, 0.2) is 6.29 Å². The molecule has 2 N–H and O–H groups in total. The molecular weight excluding hydrogens is 392 g/mol. The zero-order valence-electron chi connectivity index (χ0n) is 17.8.